The standard InChI is InChI=1S/C21H20BN5O3/c28-22(29)17-9-4-10-18-16(17)13-24-27(18)21-25-19(15-8-5-11-30-20(15)26-21)23-12-14-6-2-1-3-7-14/h1-4,6-7,9-10,13,28-29H,5,8,11-12H2,(H,23,25,26). The molecule has 0 atom stereocenters. The van der Waals surface area contributed by atoms with E-state index in [2.05, 4.69) is 27.5 Å². The molecular formula is C21H20BN5O3. The largest absolute Gasteiger partial charge is 0.489 e. The number of hydrogen-bond acceptors (Lipinski definition) is 7. The van der Waals surface area contributed by atoms with Crippen molar-refractivity contribution >= 4 is 29.3 Å². The summed E-state index contributed by atoms with van der Waals surface area (Å²) < 4.78 is 7.41. The predicted molar refractivity (Wildman–Crippen MR) is 114 cm³/mol. The van der Waals surface area contributed by atoms with Gasteiger partial charge in [-0.1, -0.05) is 42.5 Å². The van der Waals surface area contributed by atoms with Crippen molar-refractivity contribution in [1.29, 1.82) is 0 Å². The van der Waals surface area contributed by atoms with Gasteiger partial charge in [0.1, 0.15) is 5.82 Å². The number of rotatable bonds is 5. The molecule has 1 aliphatic rings. The summed E-state index contributed by atoms with van der Waals surface area (Å²) in [6.07, 6.45) is 3.34. The molecule has 0 unspecified atom stereocenters. The van der Waals surface area contributed by atoms with Crippen LogP contribution in [0.15, 0.2) is 54.7 Å². The Morgan fingerprint density at radius 2 is 1.93 bits per heavy atom. The fourth-order valence-electron chi connectivity index (χ4n) is 3.70. The van der Waals surface area contributed by atoms with Gasteiger partial charge in [0, 0.05) is 11.9 Å². The van der Waals surface area contributed by atoms with Crippen molar-refractivity contribution in [2.75, 3.05) is 11.9 Å². The van der Waals surface area contributed by atoms with Gasteiger partial charge in [-0.2, -0.15) is 19.7 Å². The molecule has 3 heterocycles. The second-order valence-corrected chi connectivity index (χ2v) is 7.16. The van der Waals surface area contributed by atoms with Crippen LogP contribution in [0, 0.1) is 0 Å². The Labute approximate surface area is 173 Å². The van der Waals surface area contributed by atoms with Crippen LogP contribution < -0.4 is 15.5 Å². The second kappa shape index (κ2) is 7.77. The SMILES string of the molecule is OB(O)c1cccc2c1cnn2-c1nc(NCc2ccccc2)c2c(n1)OCCC2. The molecule has 3 N–H and O–H groups in total. The minimum atomic E-state index is -1.58. The van der Waals surface area contributed by atoms with Gasteiger partial charge in [-0.25, -0.2) is 0 Å². The lowest BCUT2D eigenvalue weighted by Crippen LogP contribution is -2.30. The molecule has 0 bridgehead atoms. The van der Waals surface area contributed by atoms with Crippen molar-refractivity contribution in [2.24, 2.45) is 0 Å². The zero-order valence-electron chi connectivity index (χ0n) is 16.2. The fraction of sp³-hybridized carbons (Fsp3) is 0.190. The number of aromatic nitrogens is 4. The summed E-state index contributed by atoms with van der Waals surface area (Å²) in [6.45, 7) is 1.24. The van der Waals surface area contributed by atoms with Gasteiger partial charge in [0.2, 0.25) is 5.88 Å². The lowest BCUT2D eigenvalue weighted by Gasteiger charge is -2.20. The minimum Gasteiger partial charge on any atom is -0.477 e. The van der Waals surface area contributed by atoms with E-state index in [0.717, 1.165) is 29.8 Å². The molecule has 30 heavy (non-hydrogen) atoms. The smallest absolute Gasteiger partial charge is 0.477 e. The average molecular weight is 401 g/mol. The van der Waals surface area contributed by atoms with Gasteiger partial charge >= 0.3 is 7.12 Å². The molecule has 0 fully saturated rings. The van der Waals surface area contributed by atoms with Crippen LogP contribution in [-0.2, 0) is 13.0 Å². The molecule has 1 aliphatic heterocycles. The van der Waals surface area contributed by atoms with Crippen LogP contribution in [0.4, 0.5) is 5.82 Å². The van der Waals surface area contributed by atoms with Crippen LogP contribution in [0.2, 0.25) is 0 Å². The summed E-state index contributed by atoms with van der Waals surface area (Å²) in [6, 6.07) is 15.4. The molecule has 8 nitrogen and oxygen atoms in total. The van der Waals surface area contributed by atoms with Crippen molar-refractivity contribution in [3.8, 4) is 11.8 Å². The molecule has 150 valence electrons. The summed E-state index contributed by atoms with van der Waals surface area (Å²) in [7, 11) is -1.58. The Hall–Kier alpha value is -3.43. The van der Waals surface area contributed by atoms with E-state index >= 15 is 0 Å². The first-order valence-corrected chi connectivity index (χ1v) is 9.85. The molecule has 0 radical (unpaired) electrons. The molecule has 0 spiro atoms. The summed E-state index contributed by atoms with van der Waals surface area (Å²) in [5.41, 5.74) is 3.18. The highest BCUT2D eigenvalue weighted by Gasteiger charge is 2.22. The molecule has 9 heteroatoms. The zero-order valence-corrected chi connectivity index (χ0v) is 16.2. The maximum absolute atomic E-state index is 9.64. The molecule has 0 amide bonds. The van der Waals surface area contributed by atoms with Crippen molar-refractivity contribution in [2.45, 2.75) is 19.4 Å². The normalized spacial score (nSPS) is 13.0. The van der Waals surface area contributed by atoms with Crippen molar-refractivity contribution in [1.82, 2.24) is 19.7 Å². The van der Waals surface area contributed by atoms with Gasteiger partial charge in [0.05, 0.1) is 23.9 Å². The van der Waals surface area contributed by atoms with Crippen molar-refractivity contribution in [3.05, 3.63) is 65.9 Å². The highest BCUT2D eigenvalue weighted by atomic mass is 16.5. The summed E-state index contributed by atoms with van der Waals surface area (Å²) >= 11 is 0. The average Bonchev–Trinajstić information content (AvgIpc) is 3.22. The Balaban J connectivity index is 1.58. The molecule has 0 saturated carbocycles. The number of nitrogens with one attached hydrogen (secondary N) is 1. The Morgan fingerprint density at radius 3 is 2.77 bits per heavy atom. The van der Waals surface area contributed by atoms with Crippen LogP contribution in [0.1, 0.15) is 17.5 Å². The molecule has 5 rings (SSSR count). The first-order valence-electron chi connectivity index (χ1n) is 9.85. The van der Waals surface area contributed by atoms with Crippen molar-refractivity contribution in [3.63, 3.8) is 0 Å². The van der Waals surface area contributed by atoms with Crippen LogP contribution in [0.25, 0.3) is 16.9 Å². The van der Waals surface area contributed by atoms with E-state index in [4.69, 9.17) is 9.72 Å². The Morgan fingerprint density at radius 1 is 1.07 bits per heavy atom. The van der Waals surface area contributed by atoms with E-state index in [1.165, 1.54) is 0 Å². The number of nitrogens with zero attached hydrogens (tertiary/aromatic N) is 4. The van der Waals surface area contributed by atoms with E-state index in [0.29, 0.717) is 41.3 Å². The molecule has 0 saturated heterocycles. The molecule has 4 aromatic rings. The molecule has 2 aromatic heterocycles. The summed E-state index contributed by atoms with van der Waals surface area (Å²) in [4.78, 5) is 9.34. The van der Waals surface area contributed by atoms with Crippen molar-refractivity contribution < 1.29 is 14.8 Å². The first kappa shape index (κ1) is 18.6. The topological polar surface area (TPSA) is 105 Å². The maximum atomic E-state index is 9.64. The highest BCUT2D eigenvalue weighted by molar-refractivity contribution is 6.61. The maximum Gasteiger partial charge on any atom is 0.489 e. The highest BCUT2D eigenvalue weighted by Crippen LogP contribution is 2.30. The van der Waals surface area contributed by atoms with Crippen LogP contribution in [0.3, 0.4) is 0 Å². The third kappa shape index (κ3) is 3.38. The Bertz CT molecular complexity index is 1200. The van der Waals surface area contributed by atoms with E-state index in [1.807, 2.05) is 24.3 Å². The number of benzene rings is 2. The quantitative estimate of drug-likeness (QED) is 0.435. The molecule has 0 aliphatic carbocycles. The molecule has 2 aromatic carbocycles. The molecular weight excluding hydrogens is 381 g/mol. The minimum absolute atomic E-state index is 0.366. The third-order valence-electron chi connectivity index (χ3n) is 5.18. The zero-order chi connectivity index (χ0) is 20.5. The monoisotopic (exact) mass is 401 g/mol. The van der Waals surface area contributed by atoms with Gasteiger partial charge in [0.25, 0.3) is 5.95 Å². The van der Waals surface area contributed by atoms with Gasteiger partial charge in [0.15, 0.2) is 0 Å². The first-order chi connectivity index (χ1) is 14.7. The van der Waals surface area contributed by atoms with E-state index in [1.54, 1.807) is 23.0 Å². The third-order valence-corrected chi connectivity index (χ3v) is 5.18. The second-order valence-electron chi connectivity index (χ2n) is 7.16. The lowest BCUT2D eigenvalue weighted by molar-refractivity contribution is 0.275. The van der Waals surface area contributed by atoms with E-state index in [-0.39, 0.29) is 0 Å². The summed E-state index contributed by atoms with van der Waals surface area (Å²) in [5.74, 6) is 1.65. The van der Waals surface area contributed by atoms with E-state index < -0.39 is 7.12 Å². The lowest BCUT2D eigenvalue weighted by atomic mass is 9.78. The van der Waals surface area contributed by atoms with Crippen LogP contribution >= 0.6 is 0 Å². The van der Waals surface area contributed by atoms with Gasteiger partial charge in [-0.15, -0.1) is 0 Å². The van der Waals surface area contributed by atoms with Gasteiger partial charge in [-0.3, -0.25) is 0 Å². The number of anilines is 1. The number of ether oxygens (including phenoxy) is 1. The summed E-state index contributed by atoms with van der Waals surface area (Å²) in [5, 5.41) is 27.7. The van der Waals surface area contributed by atoms with Crippen LogP contribution in [0.5, 0.6) is 5.88 Å². The fourth-order valence-corrected chi connectivity index (χ4v) is 3.70. The Kier molecular flexibility index (Phi) is 4.82. The van der Waals surface area contributed by atoms with Gasteiger partial charge in [-0.05, 0) is 29.9 Å². The number of hydrogen-bond donors (Lipinski definition) is 3. The van der Waals surface area contributed by atoms with Crippen LogP contribution in [-0.4, -0.2) is 43.5 Å². The van der Waals surface area contributed by atoms with E-state index in [9.17, 15) is 10.0 Å². The predicted octanol–water partition coefficient (Wildman–Crippen LogP) is 1.43. The number of fused-ring (bicyclic) bond motifs is 2. The van der Waals surface area contributed by atoms with Gasteiger partial charge < -0.3 is 20.1 Å².